The van der Waals surface area contributed by atoms with Crippen LogP contribution in [0.4, 0.5) is 43.0 Å². The minimum Gasteiger partial charge on any atom is -0.437 e. The van der Waals surface area contributed by atoms with Crippen molar-refractivity contribution >= 4 is 140 Å². The van der Waals surface area contributed by atoms with E-state index in [0.29, 0.717) is 37.6 Å². The standard InChI is InChI=1S/C15H24B2FNO3.C10H18O5.C9H12BBrFNO.C8H7BrFNO.C8H9BrFN.C8H5BrFN.C5H4ClN3O2.C4H7BO/c1-10-7-11(9-19-16(6)20)13(18)8-12(10)17-21-14(2,3)15(4,5)22-17;1-9(2,3)14-7(11)13-8(12)15-10(4,5)6;1-6-3-7(5-13-10(2)14)9(12)4-8(6)11;1-4-2-5(8(11)12)7(10)3-6(4)9;2*1-5-2-6(4-11)8(10)3-7(5)9;6-3-1-2-8-5(7)4(3)9(10)11;5-4-2-1-3-6-4/h7-8,19-20H,9H2,1-6H3;1-6H3;3-4,13-14H,5H2,1-2H3;2-3H,1H3,(H2,11,12);2-3H,4,11H2,1H3;2-3H,1H3;1-2H,(H2,7,8);4H,1-3H2. The average molecular weight is 1700 g/mol. The number of halogens is 10. The van der Waals surface area contributed by atoms with Crippen molar-refractivity contribution in [1.82, 2.24) is 15.4 Å². The number of aryl methyl sites for hydroxylation is 5. The van der Waals surface area contributed by atoms with Crippen molar-refractivity contribution in [1.29, 1.82) is 5.26 Å². The third kappa shape index (κ3) is 34.2. The topological polar surface area (TPSA) is 329 Å². The van der Waals surface area contributed by atoms with Crippen molar-refractivity contribution in [2.24, 2.45) is 11.5 Å². The van der Waals surface area contributed by atoms with Crippen LogP contribution in [0.25, 0.3) is 0 Å². The molecule has 1 amide bonds. The first-order chi connectivity index (χ1) is 46.9. The maximum absolute atomic E-state index is 14.3. The second-order valence-corrected chi connectivity index (χ2v) is 29.4. The van der Waals surface area contributed by atoms with Crippen LogP contribution in [0, 0.1) is 85.2 Å². The summed E-state index contributed by atoms with van der Waals surface area (Å²) in [6.07, 6.45) is 1.37. The number of pyridine rings is 1. The molecular formula is C67H86B4Br4ClF5N8O13. The van der Waals surface area contributed by atoms with Crippen LogP contribution >= 0.6 is 75.3 Å². The summed E-state index contributed by atoms with van der Waals surface area (Å²) >= 11 is 18.2. The molecule has 21 nitrogen and oxygen atoms in total. The van der Waals surface area contributed by atoms with Crippen LogP contribution in [0.3, 0.4) is 0 Å². The van der Waals surface area contributed by atoms with E-state index in [4.69, 9.17) is 70.5 Å². The number of anilines is 1. The number of nitrogens with two attached hydrogens (primary N) is 3. The molecule has 1 aromatic heterocycles. The van der Waals surface area contributed by atoms with Gasteiger partial charge in [-0.2, -0.15) is 5.26 Å². The summed E-state index contributed by atoms with van der Waals surface area (Å²) < 4.78 is 99.8. The van der Waals surface area contributed by atoms with Gasteiger partial charge in [-0.25, -0.2) is 36.5 Å². The Morgan fingerprint density at radius 2 is 1.14 bits per heavy atom. The number of primary amides is 1. The van der Waals surface area contributed by atoms with E-state index < -0.39 is 78.4 Å². The Hall–Kier alpha value is -6.05. The minimum atomic E-state index is -1.06. The van der Waals surface area contributed by atoms with Crippen LogP contribution in [0.2, 0.25) is 18.7 Å². The van der Waals surface area contributed by atoms with Gasteiger partial charge in [0.2, 0.25) is 5.82 Å². The van der Waals surface area contributed by atoms with E-state index in [1.165, 1.54) is 54.7 Å². The number of carbonyl (C=O) groups excluding carboxylic acids is 3. The largest absolute Gasteiger partial charge is 0.519 e. The molecule has 2 saturated heterocycles. The molecule has 1 atom stereocenters. The lowest BCUT2D eigenvalue weighted by molar-refractivity contribution is -0.384. The van der Waals surface area contributed by atoms with E-state index in [-0.39, 0.29) is 64.2 Å². The molecular weight excluding hydrogens is 1620 g/mol. The zero-order valence-corrected chi connectivity index (χ0v) is 66.9. The number of carbonyl (C=O) groups is 3. The van der Waals surface area contributed by atoms with Gasteiger partial charge in [-0.05, 0) is 207 Å². The SMILES string of the molecule is CB(O)NCc1cc(C)c(B2OC(C)(C)C(C)(C)O2)cc1F.CB(O)NCc1cc(C)c(Br)cc1F.CC(C)(C)OC(=O)OC(=O)OC(C)(C)C.Cc1cc(C#N)c(F)cc1Br.Cc1cc(C(N)=O)c(F)cc1Br.Cc1cc(CN)c(F)cc1Br.Nc1nccc(Cl)c1[N+](=O)[O-].[B]C1CCCO1. The monoisotopic (exact) mass is 1700 g/mol. The second kappa shape index (κ2) is 43.4. The predicted octanol–water partition coefficient (Wildman–Crippen LogP) is 15.2. The number of nitrogens with zero attached hydrogens (tertiary/aromatic N) is 3. The maximum atomic E-state index is 14.3. The van der Waals surface area contributed by atoms with E-state index >= 15 is 0 Å². The summed E-state index contributed by atoms with van der Waals surface area (Å²) in [6, 6.07) is 18.2. The molecule has 554 valence electrons. The summed E-state index contributed by atoms with van der Waals surface area (Å²) in [5, 5.41) is 42.5. The van der Waals surface area contributed by atoms with Crippen molar-refractivity contribution in [3.8, 4) is 6.07 Å². The van der Waals surface area contributed by atoms with Crippen molar-refractivity contribution < 1.29 is 79.6 Å². The Kier molecular flexibility index (Phi) is 40.0. The number of rotatable bonds is 10. The Morgan fingerprint density at radius 3 is 1.50 bits per heavy atom. The van der Waals surface area contributed by atoms with Gasteiger partial charge in [0.05, 0.1) is 27.3 Å². The van der Waals surface area contributed by atoms with Crippen molar-refractivity contribution in [2.45, 2.75) is 178 Å². The second-order valence-electron chi connectivity index (χ2n) is 25.6. The van der Waals surface area contributed by atoms with Crippen molar-refractivity contribution in [3.05, 3.63) is 191 Å². The van der Waals surface area contributed by atoms with Gasteiger partial charge in [-0.3, -0.25) is 14.9 Å². The van der Waals surface area contributed by atoms with Crippen LogP contribution in [-0.2, 0) is 47.9 Å². The summed E-state index contributed by atoms with van der Waals surface area (Å²) in [6.45, 7) is 32.1. The summed E-state index contributed by atoms with van der Waals surface area (Å²) in [5.41, 5.74) is 19.7. The molecule has 2 aliphatic heterocycles. The number of ether oxygens (including phenoxy) is 4. The molecule has 0 spiro atoms. The van der Waals surface area contributed by atoms with Crippen molar-refractivity contribution in [3.63, 3.8) is 0 Å². The highest BCUT2D eigenvalue weighted by atomic mass is 79.9. The lowest BCUT2D eigenvalue weighted by Gasteiger charge is -2.32. The van der Waals surface area contributed by atoms with E-state index in [9.17, 15) is 51.5 Å². The van der Waals surface area contributed by atoms with Gasteiger partial charge in [0.1, 0.15) is 59.2 Å². The van der Waals surface area contributed by atoms with Crippen LogP contribution in [0.5, 0.6) is 0 Å². The van der Waals surface area contributed by atoms with Gasteiger partial charge in [0.15, 0.2) is 0 Å². The molecule has 0 aliphatic carbocycles. The molecule has 2 aliphatic rings. The number of nitrogen functional groups attached to an aromatic ring is 1. The fourth-order valence-electron chi connectivity index (χ4n) is 7.78. The van der Waals surface area contributed by atoms with Gasteiger partial charge in [-0.15, -0.1) is 0 Å². The molecule has 5 aromatic carbocycles. The molecule has 6 aromatic rings. The van der Waals surface area contributed by atoms with Crippen LogP contribution in [-0.4, -0.2) is 102 Å². The van der Waals surface area contributed by atoms with E-state index in [2.05, 4.69) is 83.9 Å². The van der Waals surface area contributed by atoms with Gasteiger partial charge in [0, 0.05) is 73.0 Å². The third-order valence-corrected chi connectivity index (χ3v) is 17.6. The maximum Gasteiger partial charge on any atom is 0.519 e. The molecule has 0 bridgehead atoms. The normalized spacial score (nSPS) is 13.7. The molecule has 35 heteroatoms. The smallest absolute Gasteiger partial charge is 0.437 e. The molecule has 3 heterocycles. The lowest BCUT2D eigenvalue weighted by atomic mass is 9.75. The first-order valence-corrected chi connectivity index (χ1v) is 34.7. The predicted molar refractivity (Wildman–Crippen MR) is 403 cm³/mol. The highest BCUT2D eigenvalue weighted by Gasteiger charge is 2.52. The highest BCUT2D eigenvalue weighted by molar-refractivity contribution is 9.11. The fraction of sp³-hybridized carbons (Fsp3) is 0.418. The molecule has 1 unspecified atom stereocenters. The molecule has 10 N–H and O–H groups in total. The Bertz CT molecular complexity index is 3790. The van der Waals surface area contributed by atoms with Crippen LogP contribution < -0.4 is 33.1 Å². The zero-order chi connectivity index (χ0) is 78.7. The zero-order valence-electron chi connectivity index (χ0n) is 59.8. The lowest BCUT2D eigenvalue weighted by Crippen LogP contribution is -2.41. The third-order valence-electron chi connectivity index (χ3n) is 13.9. The number of benzene rings is 5. The van der Waals surface area contributed by atoms with Gasteiger partial charge >= 0.3 is 39.2 Å². The molecule has 2 fully saturated rings. The van der Waals surface area contributed by atoms with Crippen LogP contribution in [0.15, 0.2) is 90.8 Å². The number of aromatic nitrogens is 1. The van der Waals surface area contributed by atoms with Crippen LogP contribution in [0.1, 0.15) is 143 Å². The molecule has 2 radical (unpaired) electrons. The average Bonchev–Trinajstić information content (AvgIpc) is 1.62. The Balaban J connectivity index is 0.000000595. The summed E-state index contributed by atoms with van der Waals surface area (Å²) in [5.74, 6) is -2.83. The molecule has 0 saturated carbocycles. The first kappa shape index (κ1) is 94.0. The summed E-state index contributed by atoms with van der Waals surface area (Å²) in [4.78, 5) is 45.8. The first-order valence-electron chi connectivity index (χ1n) is 31.1. The number of nitro groups is 1. The van der Waals surface area contributed by atoms with Gasteiger partial charge in [-0.1, -0.05) is 99.1 Å². The van der Waals surface area contributed by atoms with Gasteiger partial charge < -0.3 is 66.0 Å². The van der Waals surface area contributed by atoms with E-state index in [1.54, 1.807) is 86.4 Å². The quantitative estimate of drug-likeness (QED) is 0.0167. The number of nitriles is 1. The highest BCUT2D eigenvalue weighted by Crippen LogP contribution is 2.37. The molecule has 8 rings (SSSR count). The Morgan fingerprint density at radius 1 is 0.735 bits per heavy atom. The Labute approximate surface area is 634 Å². The molecule has 102 heavy (non-hydrogen) atoms. The fourth-order valence-corrected chi connectivity index (χ4v) is 9.27. The number of nitrogens with one attached hydrogen (secondary N) is 2. The van der Waals surface area contributed by atoms with Gasteiger partial charge in [0.25, 0.3) is 5.91 Å². The summed E-state index contributed by atoms with van der Waals surface area (Å²) in [7, 11) is 3.44. The van der Waals surface area contributed by atoms with E-state index in [1.807, 2.05) is 55.4 Å². The minimum absolute atomic E-state index is 0.00231. The number of amides is 1. The number of hydrogen-bond donors (Lipinski definition) is 7. The van der Waals surface area contributed by atoms with Crippen molar-refractivity contribution in [2.75, 3.05) is 12.3 Å². The number of hydrogen-bond acceptors (Lipinski definition) is 19. The van der Waals surface area contributed by atoms with E-state index in [0.717, 1.165) is 56.2 Å².